The zero-order valence-electron chi connectivity index (χ0n) is 31.8. The summed E-state index contributed by atoms with van der Waals surface area (Å²) in [6, 6.07) is 14.0. The quantitative estimate of drug-likeness (QED) is 0.153. The number of esters is 1. The van der Waals surface area contributed by atoms with Crippen molar-refractivity contribution in [3.05, 3.63) is 77.4 Å². The maximum Gasteiger partial charge on any atom is 0.410 e. The number of nitrogens with one attached hydrogen (secondary N) is 3. The molecule has 3 atom stereocenters. The van der Waals surface area contributed by atoms with E-state index in [0.717, 1.165) is 10.5 Å². The van der Waals surface area contributed by atoms with Crippen LogP contribution in [-0.4, -0.2) is 94.1 Å². The standard InChI is InChI=1S/C39H48N4O11/c1-23-34(44)42-29(36(46)51-8)19-25-18-28(33(50-7)31(20-25)52-17-16-40-37(47)53-22-24-12-10-9-11-13-24)27-21-26(14-15-30(27)49-6)32(35(45)41-23)43(5)38(48)54-39(2,3)4/h9-15,18,20-21,23,29,32H,16-17,19,22H2,1-8H3,(H,40,47)(H,41,45)(H,42,44)/t23-,29-,32-/m0/s1. The summed E-state index contributed by atoms with van der Waals surface area (Å²) >= 11 is 0. The zero-order chi connectivity index (χ0) is 39.6. The first-order valence-electron chi connectivity index (χ1n) is 17.3. The summed E-state index contributed by atoms with van der Waals surface area (Å²) in [4.78, 5) is 67.3. The highest BCUT2D eigenvalue weighted by atomic mass is 16.6. The Morgan fingerprint density at radius 1 is 0.889 bits per heavy atom. The number of alkyl carbamates (subject to hydrolysis) is 1. The minimum absolute atomic E-state index is 0.00548. The van der Waals surface area contributed by atoms with Crippen molar-refractivity contribution in [2.45, 2.75) is 64.4 Å². The molecule has 0 saturated carbocycles. The summed E-state index contributed by atoms with van der Waals surface area (Å²) in [5.41, 5.74) is 1.77. The minimum atomic E-state index is -1.28. The Labute approximate surface area is 314 Å². The molecule has 0 unspecified atom stereocenters. The van der Waals surface area contributed by atoms with Gasteiger partial charge < -0.3 is 44.4 Å². The molecule has 4 rings (SSSR count). The van der Waals surface area contributed by atoms with Gasteiger partial charge in [-0.05, 0) is 68.7 Å². The second-order valence-electron chi connectivity index (χ2n) is 13.5. The number of rotatable bonds is 10. The van der Waals surface area contributed by atoms with Gasteiger partial charge >= 0.3 is 18.2 Å². The first-order valence-corrected chi connectivity index (χ1v) is 17.3. The Bertz CT molecular complexity index is 1830. The molecule has 1 aliphatic heterocycles. The van der Waals surface area contributed by atoms with Crippen molar-refractivity contribution in [2.75, 3.05) is 41.5 Å². The lowest BCUT2D eigenvalue weighted by atomic mass is 9.93. The van der Waals surface area contributed by atoms with Gasteiger partial charge in [-0.3, -0.25) is 14.5 Å². The lowest BCUT2D eigenvalue weighted by Gasteiger charge is -2.31. The van der Waals surface area contributed by atoms with Gasteiger partial charge in [-0.1, -0.05) is 36.4 Å². The molecule has 4 amide bonds. The molecule has 54 heavy (non-hydrogen) atoms. The van der Waals surface area contributed by atoms with Crippen LogP contribution in [-0.2, 0) is 41.6 Å². The smallest absolute Gasteiger partial charge is 0.410 e. The average molecular weight is 749 g/mol. The van der Waals surface area contributed by atoms with Crippen LogP contribution in [0, 0.1) is 0 Å². The first kappa shape index (κ1) is 40.8. The highest BCUT2D eigenvalue weighted by molar-refractivity contribution is 5.94. The van der Waals surface area contributed by atoms with Gasteiger partial charge in [0.05, 0.1) is 27.9 Å². The number of amides is 4. The lowest BCUT2D eigenvalue weighted by molar-refractivity contribution is -0.145. The number of ether oxygens (including phenoxy) is 6. The molecule has 3 aromatic carbocycles. The Morgan fingerprint density at radius 2 is 1.61 bits per heavy atom. The van der Waals surface area contributed by atoms with Crippen molar-refractivity contribution in [3.63, 3.8) is 0 Å². The number of likely N-dealkylation sites (N-methyl/N-ethyl adjacent to an activating group) is 1. The predicted octanol–water partition coefficient (Wildman–Crippen LogP) is 4.30. The van der Waals surface area contributed by atoms with Gasteiger partial charge in [0, 0.05) is 24.6 Å². The number of methoxy groups -OCH3 is 3. The number of carbonyl (C=O) groups is 5. The van der Waals surface area contributed by atoms with Crippen LogP contribution >= 0.6 is 0 Å². The predicted molar refractivity (Wildman–Crippen MR) is 197 cm³/mol. The molecule has 1 heterocycles. The molecule has 0 aromatic heterocycles. The van der Waals surface area contributed by atoms with E-state index in [0.29, 0.717) is 28.0 Å². The van der Waals surface area contributed by atoms with Crippen LogP contribution in [0.2, 0.25) is 0 Å². The van der Waals surface area contributed by atoms with Crippen molar-refractivity contribution < 1.29 is 52.4 Å². The SMILES string of the molecule is COC(=O)[C@@H]1Cc2cc(OCCNC(=O)OCc3ccccc3)c(OC)c(c2)-c2cc(ccc2OC)[C@H](N(C)C(=O)OC(C)(C)C)C(=O)N[C@@H](C)C(=O)N1. The third kappa shape index (κ3) is 10.5. The van der Waals surface area contributed by atoms with Gasteiger partial charge in [0.15, 0.2) is 11.5 Å². The van der Waals surface area contributed by atoms with Crippen molar-refractivity contribution in [1.82, 2.24) is 20.9 Å². The number of fused-ring (bicyclic) bond motifs is 5. The second kappa shape index (κ2) is 18.2. The molecule has 0 fully saturated rings. The summed E-state index contributed by atoms with van der Waals surface area (Å²) in [5.74, 6) is -1.18. The van der Waals surface area contributed by atoms with Gasteiger partial charge in [-0.25, -0.2) is 14.4 Å². The summed E-state index contributed by atoms with van der Waals surface area (Å²) in [7, 11) is 5.55. The van der Waals surface area contributed by atoms with E-state index in [1.54, 1.807) is 51.1 Å². The maximum absolute atomic E-state index is 14.0. The van der Waals surface area contributed by atoms with Crippen molar-refractivity contribution in [1.29, 1.82) is 0 Å². The van der Waals surface area contributed by atoms with E-state index in [2.05, 4.69) is 16.0 Å². The molecular weight excluding hydrogens is 700 g/mol. The van der Waals surface area contributed by atoms with Crippen molar-refractivity contribution in [2.24, 2.45) is 0 Å². The van der Waals surface area contributed by atoms with Crippen LogP contribution < -0.4 is 30.2 Å². The summed E-state index contributed by atoms with van der Waals surface area (Å²) in [5, 5.41) is 8.00. The van der Waals surface area contributed by atoms with Crippen molar-refractivity contribution >= 4 is 30.0 Å². The molecule has 4 bridgehead atoms. The molecule has 15 heteroatoms. The van der Waals surface area contributed by atoms with E-state index in [4.69, 9.17) is 28.4 Å². The van der Waals surface area contributed by atoms with Crippen LogP contribution in [0.5, 0.6) is 17.2 Å². The Morgan fingerprint density at radius 3 is 2.26 bits per heavy atom. The third-order valence-electron chi connectivity index (χ3n) is 8.30. The fourth-order valence-corrected chi connectivity index (χ4v) is 5.71. The van der Waals surface area contributed by atoms with Gasteiger partial charge in [0.1, 0.15) is 42.7 Å². The van der Waals surface area contributed by atoms with Crippen LogP contribution in [0.4, 0.5) is 9.59 Å². The topological polar surface area (TPSA) is 180 Å². The summed E-state index contributed by atoms with van der Waals surface area (Å²) in [6.07, 6.45) is -1.45. The van der Waals surface area contributed by atoms with Gasteiger partial charge in [-0.2, -0.15) is 0 Å². The lowest BCUT2D eigenvalue weighted by Crippen LogP contribution is -2.53. The van der Waals surface area contributed by atoms with Crippen LogP contribution in [0.1, 0.15) is 50.4 Å². The molecule has 1 aliphatic rings. The molecule has 15 nitrogen and oxygen atoms in total. The van der Waals surface area contributed by atoms with E-state index in [1.807, 2.05) is 30.3 Å². The highest BCUT2D eigenvalue weighted by Gasteiger charge is 2.35. The fourth-order valence-electron chi connectivity index (χ4n) is 5.71. The van der Waals surface area contributed by atoms with E-state index in [1.165, 1.54) is 35.3 Å². The first-order chi connectivity index (χ1) is 25.6. The van der Waals surface area contributed by atoms with E-state index in [9.17, 15) is 24.0 Å². The van der Waals surface area contributed by atoms with Crippen LogP contribution in [0.15, 0.2) is 60.7 Å². The fraction of sp³-hybridized carbons (Fsp3) is 0.410. The van der Waals surface area contributed by atoms with Gasteiger partial charge in [-0.15, -0.1) is 0 Å². The molecule has 0 saturated heterocycles. The van der Waals surface area contributed by atoms with Crippen LogP contribution in [0.3, 0.4) is 0 Å². The average Bonchev–Trinajstić information content (AvgIpc) is 3.14. The number of hydrogen-bond donors (Lipinski definition) is 3. The Balaban J connectivity index is 1.79. The number of carbonyl (C=O) groups excluding carboxylic acids is 5. The van der Waals surface area contributed by atoms with Gasteiger partial charge in [0.25, 0.3) is 0 Å². The number of benzene rings is 3. The molecule has 0 radical (unpaired) electrons. The van der Waals surface area contributed by atoms with E-state index < -0.39 is 53.7 Å². The van der Waals surface area contributed by atoms with Crippen LogP contribution in [0.25, 0.3) is 11.1 Å². The molecule has 3 N–H and O–H groups in total. The van der Waals surface area contributed by atoms with E-state index in [-0.39, 0.29) is 37.7 Å². The molecule has 290 valence electrons. The molecule has 0 spiro atoms. The largest absolute Gasteiger partial charge is 0.496 e. The van der Waals surface area contributed by atoms with Gasteiger partial charge in [0.2, 0.25) is 11.8 Å². The Kier molecular flexibility index (Phi) is 13.7. The number of nitrogens with zero attached hydrogens (tertiary/aromatic N) is 1. The summed E-state index contributed by atoms with van der Waals surface area (Å²) in [6.45, 7) is 6.73. The van der Waals surface area contributed by atoms with E-state index >= 15 is 0 Å². The third-order valence-corrected chi connectivity index (χ3v) is 8.30. The number of hydrogen-bond acceptors (Lipinski definition) is 11. The normalized spacial score (nSPS) is 17.1. The maximum atomic E-state index is 14.0. The molecular formula is C39H48N4O11. The Hall–Kier alpha value is -5.99. The molecule has 0 aliphatic carbocycles. The minimum Gasteiger partial charge on any atom is -0.496 e. The monoisotopic (exact) mass is 748 g/mol. The summed E-state index contributed by atoms with van der Waals surface area (Å²) < 4.78 is 33.7. The zero-order valence-corrected chi connectivity index (χ0v) is 31.8. The van der Waals surface area contributed by atoms with Crippen molar-refractivity contribution in [3.8, 4) is 28.4 Å². The second-order valence-corrected chi connectivity index (χ2v) is 13.5. The highest BCUT2D eigenvalue weighted by Crippen LogP contribution is 2.44. The molecule has 3 aromatic rings.